The van der Waals surface area contributed by atoms with E-state index in [0.29, 0.717) is 43.1 Å². The number of rotatable bonds is 3. The Morgan fingerprint density at radius 2 is 1.77 bits per heavy atom. The molecule has 2 heterocycles. The summed E-state index contributed by atoms with van der Waals surface area (Å²) in [5.74, 6) is -4.00. The van der Waals surface area contributed by atoms with Gasteiger partial charge in [0.25, 0.3) is 5.91 Å². The molecule has 0 aliphatic carbocycles. The smallest absolute Gasteiger partial charge is 0.264 e. The number of carbonyl (C=O) groups is 2. The lowest BCUT2D eigenvalue weighted by molar-refractivity contribution is -0.121. The van der Waals surface area contributed by atoms with Gasteiger partial charge < -0.3 is 19.9 Å². The molecule has 158 valence electrons. The van der Waals surface area contributed by atoms with Crippen molar-refractivity contribution in [3.63, 3.8) is 0 Å². The SMILES string of the molecule is CN1C(=O)COc2ccc(NC(=O)C3CCN(c4cc(F)c(F)c(F)c4)CC3)cc21. The lowest BCUT2D eigenvalue weighted by Crippen LogP contribution is -2.38. The van der Waals surface area contributed by atoms with Crippen LogP contribution < -0.4 is 19.9 Å². The van der Waals surface area contributed by atoms with Crippen LogP contribution in [0.4, 0.5) is 30.2 Å². The maximum Gasteiger partial charge on any atom is 0.264 e. The van der Waals surface area contributed by atoms with Crippen LogP contribution in [0.15, 0.2) is 30.3 Å². The summed E-state index contributed by atoms with van der Waals surface area (Å²) in [5, 5.41) is 2.86. The monoisotopic (exact) mass is 419 g/mol. The van der Waals surface area contributed by atoms with E-state index in [1.807, 2.05) is 0 Å². The number of piperidine rings is 1. The van der Waals surface area contributed by atoms with Crippen LogP contribution in [0.25, 0.3) is 0 Å². The highest BCUT2D eigenvalue weighted by Gasteiger charge is 2.27. The van der Waals surface area contributed by atoms with Crippen LogP contribution in [0.2, 0.25) is 0 Å². The topological polar surface area (TPSA) is 61.9 Å². The summed E-state index contributed by atoms with van der Waals surface area (Å²) in [4.78, 5) is 27.7. The fourth-order valence-electron chi connectivity index (χ4n) is 3.72. The van der Waals surface area contributed by atoms with E-state index >= 15 is 0 Å². The average Bonchev–Trinajstić information content (AvgIpc) is 2.74. The van der Waals surface area contributed by atoms with Crippen molar-refractivity contribution < 1.29 is 27.5 Å². The van der Waals surface area contributed by atoms with Crippen molar-refractivity contribution >= 4 is 28.9 Å². The number of benzene rings is 2. The third kappa shape index (κ3) is 3.79. The molecule has 1 N–H and O–H groups in total. The largest absolute Gasteiger partial charge is 0.482 e. The lowest BCUT2D eigenvalue weighted by Gasteiger charge is -2.33. The van der Waals surface area contributed by atoms with Gasteiger partial charge in [-0.2, -0.15) is 0 Å². The fraction of sp³-hybridized carbons (Fsp3) is 0.333. The second kappa shape index (κ2) is 7.89. The van der Waals surface area contributed by atoms with Crippen LogP contribution >= 0.6 is 0 Å². The van der Waals surface area contributed by atoms with E-state index in [1.165, 1.54) is 4.90 Å². The van der Waals surface area contributed by atoms with Crippen LogP contribution in [-0.2, 0) is 9.59 Å². The number of amides is 2. The highest BCUT2D eigenvalue weighted by Crippen LogP contribution is 2.34. The van der Waals surface area contributed by atoms with Gasteiger partial charge in [0.15, 0.2) is 24.1 Å². The molecule has 1 saturated heterocycles. The summed E-state index contributed by atoms with van der Waals surface area (Å²) in [7, 11) is 1.64. The molecule has 1 fully saturated rings. The molecule has 0 bridgehead atoms. The minimum atomic E-state index is -1.49. The molecule has 0 aromatic heterocycles. The molecule has 2 aliphatic rings. The zero-order valence-electron chi connectivity index (χ0n) is 16.3. The van der Waals surface area contributed by atoms with E-state index in [9.17, 15) is 22.8 Å². The molecule has 0 atom stereocenters. The average molecular weight is 419 g/mol. The van der Waals surface area contributed by atoms with Gasteiger partial charge in [0.05, 0.1) is 5.69 Å². The van der Waals surface area contributed by atoms with E-state index in [0.717, 1.165) is 12.1 Å². The number of nitrogens with one attached hydrogen (secondary N) is 1. The summed E-state index contributed by atoms with van der Waals surface area (Å²) in [6, 6.07) is 7.02. The highest BCUT2D eigenvalue weighted by atomic mass is 19.2. The third-order valence-corrected chi connectivity index (χ3v) is 5.51. The summed E-state index contributed by atoms with van der Waals surface area (Å²) in [6.07, 6.45) is 0.970. The maximum absolute atomic E-state index is 13.5. The number of ether oxygens (including phenoxy) is 1. The molecule has 2 aliphatic heterocycles. The van der Waals surface area contributed by atoms with Crippen LogP contribution in [0.5, 0.6) is 5.75 Å². The number of nitrogens with zero attached hydrogens (tertiary/aromatic N) is 2. The highest BCUT2D eigenvalue weighted by molar-refractivity contribution is 5.99. The molecule has 2 aromatic carbocycles. The Balaban J connectivity index is 1.39. The first-order valence-corrected chi connectivity index (χ1v) is 9.57. The lowest BCUT2D eigenvalue weighted by atomic mass is 9.95. The molecule has 2 amide bonds. The molecule has 30 heavy (non-hydrogen) atoms. The Morgan fingerprint density at radius 3 is 2.43 bits per heavy atom. The summed E-state index contributed by atoms with van der Waals surface area (Å²) < 4.78 is 45.5. The minimum absolute atomic E-state index is 0.0182. The van der Waals surface area contributed by atoms with Crippen LogP contribution in [0.3, 0.4) is 0 Å². The van der Waals surface area contributed by atoms with E-state index in [2.05, 4.69) is 5.32 Å². The van der Waals surface area contributed by atoms with Gasteiger partial charge in [-0.3, -0.25) is 9.59 Å². The first kappa shape index (κ1) is 20.1. The molecule has 4 rings (SSSR count). The van der Waals surface area contributed by atoms with Gasteiger partial charge in [-0.15, -0.1) is 0 Å². The van der Waals surface area contributed by atoms with E-state index < -0.39 is 17.5 Å². The number of likely N-dealkylation sites (N-methyl/N-ethyl adjacent to an activating group) is 1. The van der Waals surface area contributed by atoms with Crippen molar-refractivity contribution in [2.75, 3.05) is 41.9 Å². The van der Waals surface area contributed by atoms with Crippen LogP contribution in [0, 0.1) is 23.4 Å². The molecule has 0 unspecified atom stereocenters. The van der Waals surface area contributed by atoms with E-state index in [1.54, 1.807) is 30.1 Å². The zero-order chi connectivity index (χ0) is 21.4. The number of halogens is 3. The second-order valence-electron chi connectivity index (χ2n) is 7.40. The predicted molar refractivity (Wildman–Crippen MR) is 105 cm³/mol. The summed E-state index contributed by atoms with van der Waals surface area (Å²) in [6.45, 7) is 0.811. The van der Waals surface area contributed by atoms with Gasteiger partial charge in [0.1, 0.15) is 5.75 Å². The van der Waals surface area contributed by atoms with Crippen molar-refractivity contribution in [2.45, 2.75) is 12.8 Å². The van der Waals surface area contributed by atoms with Crippen molar-refractivity contribution in [3.05, 3.63) is 47.8 Å². The molecule has 9 heteroatoms. The number of carbonyl (C=O) groups excluding carboxylic acids is 2. The van der Waals surface area contributed by atoms with Gasteiger partial charge in [-0.05, 0) is 31.0 Å². The molecular formula is C21H20F3N3O3. The van der Waals surface area contributed by atoms with Gasteiger partial charge in [0, 0.05) is 49.6 Å². The number of hydrogen-bond acceptors (Lipinski definition) is 4. The molecule has 0 radical (unpaired) electrons. The third-order valence-electron chi connectivity index (χ3n) is 5.51. The number of fused-ring (bicyclic) bond motifs is 1. The summed E-state index contributed by atoms with van der Waals surface area (Å²) >= 11 is 0. The van der Waals surface area contributed by atoms with Crippen molar-refractivity contribution in [2.24, 2.45) is 5.92 Å². The Labute approximate surface area is 171 Å². The van der Waals surface area contributed by atoms with Gasteiger partial charge >= 0.3 is 0 Å². The Hall–Kier alpha value is -3.23. The number of hydrogen-bond donors (Lipinski definition) is 1. The van der Waals surface area contributed by atoms with Crippen molar-refractivity contribution in [1.29, 1.82) is 0 Å². The standard InChI is InChI=1S/C21H20F3N3O3/c1-26-17-8-13(2-3-18(17)30-11-19(26)28)25-21(29)12-4-6-27(7-5-12)14-9-15(22)20(24)16(23)10-14/h2-3,8-10,12H,4-7,11H2,1H3,(H,25,29). The molecule has 6 nitrogen and oxygen atoms in total. The molecule has 2 aromatic rings. The maximum atomic E-state index is 13.5. The van der Waals surface area contributed by atoms with Crippen LogP contribution in [0.1, 0.15) is 12.8 Å². The molecule has 0 saturated carbocycles. The second-order valence-corrected chi connectivity index (χ2v) is 7.40. The number of anilines is 3. The zero-order valence-corrected chi connectivity index (χ0v) is 16.3. The quantitative estimate of drug-likeness (QED) is 0.776. The summed E-state index contributed by atoms with van der Waals surface area (Å²) in [5.41, 5.74) is 1.39. The Bertz CT molecular complexity index is 983. The normalized spacial score (nSPS) is 16.9. The van der Waals surface area contributed by atoms with E-state index in [-0.39, 0.29) is 30.0 Å². The van der Waals surface area contributed by atoms with Gasteiger partial charge in [0.2, 0.25) is 5.91 Å². The van der Waals surface area contributed by atoms with Crippen molar-refractivity contribution in [1.82, 2.24) is 0 Å². The Kier molecular flexibility index (Phi) is 5.27. The first-order chi connectivity index (χ1) is 14.3. The molecule has 0 spiro atoms. The minimum Gasteiger partial charge on any atom is -0.482 e. The fourth-order valence-corrected chi connectivity index (χ4v) is 3.72. The van der Waals surface area contributed by atoms with Gasteiger partial charge in [-0.25, -0.2) is 13.2 Å². The van der Waals surface area contributed by atoms with E-state index in [4.69, 9.17) is 4.74 Å². The van der Waals surface area contributed by atoms with Crippen LogP contribution in [-0.4, -0.2) is 38.6 Å². The first-order valence-electron chi connectivity index (χ1n) is 9.57. The Morgan fingerprint density at radius 1 is 1.10 bits per heavy atom. The predicted octanol–water partition coefficient (Wildman–Crippen LogP) is 3.31. The van der Waals surface area contributed by atoms with Gasteiger partial charge in [-0.1, -0.05) is 0 Å². The molecular weight excluding hydrogens is 399 g/mol. The van der Waals surface area contributed by atoms with Crippen molar-refractivity contribution in [3.8, 4) is 5.75 Å².